The van der Waals surface area contributed by atoms with Gasteiger partial charge in [-0.2, -0.15) is 0 Å². The number of ether oxygens (including phenoxy) is 1. The zero-order valence-corrected chi connectivity index (χ0v) is 11.0. The van der Waals surface area contributed by atoms with Gasteiger partial charge in [-0.1, -0.05) is 6.92 Å². The molecule has 0 heterocycles. The van der Waals surface area contributed by atoms with Gasteiger partial charge in [0.15, 0.2) is 0 Å². The molecule has 0 aliphatic heterocycles. The molecule has 0 aliphatic carbocycles. The van der Waals surface area contributed by atoms with Crippen LogP contribution in [0.15, 0.2) is 24.3 Å². The Morgan fingerprint density at radius 1 is 1.39 bits per heavy atom. The minimum Gasteiger partial charge on any atom is -0.494 e. The van der Waals surface area contributed by atoms with Crippen LogP contribution in [0.2, 0.25) is 0 Å². The molecule has 100 valence electrons. The van der Waals surface area contributed by atoms with Crippen molar-refractivity contribution in [3.8, 4) is 5.75 Å². The van der Waals surface area contributed by atoms with E-state index in [1.54, 1.807) is 24.3 Å². The van der Waals surface area contributed by atoms with E-state index in [9.17, 15) is 4.79 Å². The van der Waals surface area contributed by atoms with Crippen LogP contribution in [0, 0.1) is 0 Å². The number of aliphatic hydroxyl groups excluding tert-OH is 1. The summed E-state index contributed by atoms with van der Waals surface area (Å²) in [6.45, 7) is 4.67. The molecule has 0 fully saturated rings. The normalized spacial score (nSPS) is 11.9. The van der Waals surface area contributed by atoms with Crippen molar-refractivity contribution in [1.29, 1.82) is 0 Å². The third-order valence-corrected chi connectivity index (χ3v) is 2.53. The van der Waals surface area contributed by atoms with Gasteiger partial charge in [0, 0.05) is 18.2 Å². The lowest BCUT2D eigenvalue weighted by atomic mass is 10.1. The zero-order chi connectivity index (χ0) is 13.4. The number of nitrogens with one attached hydrogen (secondary N) is 1. The first-order chi connectivity index (χ1) is 8.67. The van der Waals surface area contributed by atoms with Gasteiger partial charge >= 0.3 is 0 Å². The molecule has 0 bridgehead atoms. The lowest BCUT2D eigenvalue weighted by Crippen LogP contribution is -2.33. The quantitative estimate of drug-likeness (QED) is 0.779. The van der Waals surface area contributed by atoms with Crippen LogP contribution < -0.4 is 10.1 Å². The number of carbonyl (C=O) groups excluding carboxylic acids is 1. The molecule has 1 rings (SSSR count). The molecule has 1 amide bonds. The van der Waals surface area contributed by atoms with Crippen LogP contribution in [0.25, 0.3) is 0 Å². The second-order valence-corrected chi connectivity index (χ2v) is 4.26. The molecule has 0 saturated heterocycles. The maximum atomic E-state index is 11.8. The summed E-state index contributed by atoms with van der Waals surface area (Å²) in [4.78, 5) is 11.8. The highest BCUT2D eigenvalue weighted by atomic mass is 16.5. The molecule has 4 nitrogen and oxygen atoms in total. The lowest BCUT2D eigenvalue weighted by molar-refractivity contribution is 0.0934. The van der Waals surface area contributed by atoms with E-state index in [0.717, 1.165) is 12.2 Å². The van der Waals surface area contributed by atoms with E-state index in [1.165, 1.54) is 0 Å². The first-order valence-corrected chi connectivity index (χ1v) is 6.32. The number of hydrogen-bond donors (Lipinski definition) is 2. The summed E-state index contributed by atoms with van der Waals surface area (Å²) in [5, 5.41) is 11.6. The first-order valence-electron chi connectivity index (χ1n) is 6.32. The van der Waals surface area contributed by atoms with E-state index in [2.05, 4.69) is 5.32 Å². The van der Waals surface area contributed by atoms with Gasteiger partial charge in [-0.3, -0.25) is 4.79 Å². The summed E-state index contributed by atoms with van der Waals surface area (Å²) in [7, 11) is 0. The average Bonchev–Trinajstić information content (AvgIpc) is 2.37. The standard InChI is InChI=1S/C14H21NO3/c1-3-10-18-13-6-4-12(5-7-13)14(17)15-11(2)8-9-16/h4-7,11,16H,3,8-10H2,1-2H3,(H,15,17). The van der Waals surface area contributed by atoms with Crippen molar-refractivity contribution in [3.05, 3.63) is 29.8 Å². The summed E-state index contributed by atoms with van der Waals surface area (Å²) in [5.41, 5.74) is 0.601. The highest BCUT2D eigenvalue weighted by Crippen LogP contribution is 2.12. The monoisotopic (exact) mass is 251 g/mol. The van der Waals surface area contributed by atoms with Crippen molar-refractivity contribution in [2.45, 2.75) is 32.7 Å². The van der Waals surface area contributed by atoms with Gasteiger partial charge in [0.05, 0.1) is 6.61 Å². The van der Waals surface area contributed by atoms with Gasteiger partial charge in [-0.15, -0.1) is 0 Å². The summed E-state index contributed by atoms with van der Waals surface area (Å²) in [5.74, 6) is 0.648. The summed E-state index contributed by atoms with van der Waals surface area (Å²) >= 11 is 0. The fourth-order valence-electron chi connectivity index (χ4n) is 1.50. The van der Waals surface area contributed by atoms with Crippen LogP contribution >= 0.6 is 0 Å². The molecular weight excluding hydrogens is 230 g/mol. The number of hydrogen-bond acceptors (Lipinski definition) is 3. The lowest BCUT2D eigenvalue weighted by Gasteiger charge is -2.12. The van der Waals surface area contributed by atoms with E-state index in [1.807, 2.05) is 13.8 Å². The van der Waals surface area contributed by atoms with Crippen molar-refractivity contribution in [1.82, 2.24) is 5.32 Å². The molecule has 1 aromatic rings. The molecule has 0 aliphatic rings. The predicted octanol–water partition coefficient (Wildman–Crippen LogP) is 1.98. The SMILES string of the molecule is CCCOc1ccc(C(=O)NC(C)CCO)cc1. The van der Waals surface area contributed by atoms with Gasteiger partial charge in [-0.05, 0) is 44.0 Å². The van der Waals surface area contributed by atoms with Crippen molar-refractivity contribution in [3.63, 3.8) is 0 Å². The molecule has 1 atom stereocenters. The fourth-order valence-corrected chi connectivity index (χ4v) is 1.50. The highest BCUT2D eigenvalue weighted by Gasteiger charge is 2.09. The van der Waals surface area contributed by atoms with Crippen LogP contribution in [0.4, 0.5) is 0 Å². The first kappa shape index (κ1) is 14.5. The van der Waals surface area contributed by atoms with Crippen LogP contribution in [-0.4, -0.2) is 30.3 Å². The van der Waals surface area contributed by atoms with Crippen molar-refractivity contribution in [2.75, 3.05) is 13.2 Å². The van der Waals surface area contributed by atoms with Gasteiger partial charge in [0.2, 0.25) is 0 Å². The molecule has 18 heavy (non-hydrogen) atoms. The van der Waals surface area contributed by atoms with E-state index in [0.29, 0.717) is 18.6 Å². The molecule has 0 aromatic heterocycles. The van der Waals surface area contributed by atoms with Gasteiger partial charge in [0.25, 0.3) is 5.91 Å². The van der Waals surface area contributed by atoms with Crippen molar-refractivity contribution < 1.29 is 14.6 Å². The number of carbonyl (C=O) groups is 1. The third kappa shape index (κ3) is 4.75. The Kier molecular flexibility index (Phi) is 6.22. The predicted molar refractivity (Wildman–Crippen MR) is 70.9 cm³/mol. The molecule has 1 aromatic carbocycles. The fraction of sp³-hybridized carbons (Fsp3) is 0.500. The molecule has 0 spiro atoms. The summed E-state index contributed by atoms with van der Waals surface area (Å²) in [6.07, 6.45) is 1.52. The van der Waals surface area contributed by atoms with E-state index < -0.39 is 0 Å². The molecule has 4 heteroatoms. The minimum atomic E-state index is -0.127. The van der Waals surface area contributed by atoms with Gasteiger partial charge in [-0.25, -0.2) is 0 Å². The Bertz CT molecular complexity index is 362. The van der Waals surface area contributed by atoms with Crippen LogP contribution in [0.1, 0.15) is 37.0 Å². The van der Waals surface area contributed by atoms with E-state index in [-0.39, 0.29) is 18.6 Å². The minimum absolute atomic E-state index is 0.0292. The zero-order valence-electron chi connectivity index (χ0n) is 11.0. The molecule has 1 unspecified atom stereocenters. The largest absolute Gasteiger partial charge is 0.494 e. The Morgan fingerprint density at radius 3 is 2.61 bits per heavy atom. The second kappa shape index (κ2) is 7.71. The summed E-state index contributed by atoms with van der Waals surface area (Å²) < 4.78 is 5.44. The maximum Gasteiger partial charge on any atom is 0.251 e. The van der Waals surface area contributed by atoms with E-state index in [4.69, 9.17) is 9.84 Å². The number of amides is 1. The number of rotatable bonds is 7. The molecule has 2 N–H and O–H groups in total. The Hall–Kier alpha value is -1.55. The Labute approximate surface area is 108 Å². The molecule has 0 radical (unpaired) electrons. The third-order valence-electron chi connectivity index (χ3n) is 2.53. The van der Waals surface area contributed by atoms with Crippen LogP contribution in [0.3, 0.4) is 0 Å². The van der Waals surface area contributed by atoms with Crippen LogP contribution in [-0.2, 0) is 0 Å². The topological polar surface area (TPSA) is 58.6 Å². The average molecular weight is 251 g/mol. The highest BCUT2D eigenvalue weighted by molar-refractivity contribution is 5.94. The van der Waals surface area contributed by atoms with Gasteiger partial charge in [0.1, 0.15) is 5.75 Å². The Balaban J connectivity index is 2.53. The number of benzene rings is 1. The summed E-state index contributed by atoms with van der Waals surface area (Å²) in [6, 6.07) is 7.04. The second-order valence-electron chi connectivity index (χ2n) is 4.26. The van der Waals surface area contributed by atoms with E-state index >= 15 is 0 Å². The number of aliphatic hydroxyl groups is 1. The van der Waals surface area contributed by atoms with Crippen LogP contribution in [0.5, 0.6) is 5.75 Å². The molecular formula is C14H21NO3. The van der Waals surface area contributed by atoms with Crippen molar-refractivity contribution >= 4 is 5.91 Å². The molecule has 0 saturated carbocycles. The Morgan fingerprint density at radius 2 is 2.06 bits per heavy atom. The maximum absolute atomic E-state index is 11.8. The van der Waals surface area contributed by atoms with Crippen molar-refractivity contribution in [2.24, 2.45) is 0 Å². The smallest absolute Gasteiger partial charge is 0.251 e. The van der Waals surface area contributed by atoms with Gasteiger partial charge < -0.3 is 15.2 Å².